The lowest BCUT2D eigenvalue weighted by Crippen LogP contribution is -2.11. The first-order valence-corrected chi connectivity index (χ1v) is 5.22. The summed E-state index contributed by atoms with van der Waals surface area (Å²) in [7, 11) is 0. The lowest BCUT2D eigenvalue weighted by Gasteiger charge is -2.11. The second-order valence-electron chi connectivity index (χ2n) is 3.82. The van der Waals surface area contributed by atoms with Crippen molar-refractivity contribution >= 4 is 11.4 Å². The number of nitrogens with one attached hydrogen (secondary N) is 1. The molecular formula is C11H15FN2O2. The maximum absolute atomic E-state index is 13.3. The lowest BCUT2D eigenvalue weighted by molar-refractivity contribution is -0.384. The van der Waals surface area contributed by atoms with Crippen LogP contribution in [-0.2, 0) is 0 Å². The van der Waals surface area contributed by atoms with E-state index in [9.17, 15) is 14.5 Å². The Morgan fingerprint density at radius 1 is 1.56 bits per heavy atom. The van der Waals surface area contributed by atoms with Gasteiger partial charge in [0.1, 0.15) is 5.82 Å². The Kier molecular flexibility index (Phi) is 4.22. The quantitative estimate of drug-likeness (QED) is 0.619. The van der Waals surface area contributed by atoms with Gasteiger partial charge in [-0.2, -0.15) is 0 Å². The number of rotatable bonds is 5. The highest BCUT2D eigenvalue weighted by molar-refractivity contribution is 5.52. The molecule has 0 bridgehead atoms. The molecule has 1 rings (SSSR count). The van der Waals surface area contributed by atoms with Crippen molar-refractivity contribution in [2.75, 3.05) is 11.9 Å². The number of benzene rings is 1. The average molecular weight is 226 g/mol. The van der Waals surface area contributed by atoms with Crippen molar-refractivity contribution in [3.63, 3.8) is 0 Å². The van der Waals surface area contributed by atoms with Crippen LogP contribution in [0.3, 0.4) is 0 Å². The van der Waals surface area contributed by atoms with E-state index in [0.717, 1.165) is 18.6 Å². The van der Waals surface area contributed by atoms with Gasteiger partial charge in [0.05, 0.1) is 10.6 Å². The summed E-state index contributed by atoms with van der Waals surface area (Å²) in [6.07, 6.45) is 0.976. The van der Waals surface area contributed by atoms with Gasteiger partial charge >= 0.3 is 0 Å². The Balaban J connectivity index is 2.78. The van der Waals surface area contributed by atoms with E-state index in [4.69, 9.17) is 0 Å². The van der Waals surface area contributed by atoms with Gasteiger partial charge in [-0.1, -0.05) is 20.3 Å². The number of non-ortho nitro benzene ring substituents is 1. The molecule has 4 nitrogen and oxygen atoms in total. The summed E-state index contributed by atoms with van der Waals surface area (Å²) in [5, 5.41) is 13.4. The van der Waals surface area contributed by atoms with Gasteiger partial charge in [0, 0.05) is 18.7 Å². The molecule has 88 valence electrons. The van der Waals surface area contributed by atoms with E-state index in [-0.39, 0.29) is 11.4 Å². The minimum Gasteiger partial charge on any atom is -0.382 e. The highest BCUT2D eigenvalue weighted by Gasteiger charge is 2.10. The normalized spacial score (nSPS) is 12.2. The van der Waals surface area contributed by atoms with Crippen LogP contribution in [0.15, 0.2) is 18.2 Å². The summed E-state index contributed by atoms with van der Waals surface area (Å²) in [6.45, 7) is 4.67. The molecule has 0 saturated heterocycles. The summed E-state index contributed by atoms with van der Waals surface area (Å²) < 4.78 is 13.3. The van der Waals surface area contributed by atoms with E-state index in [1.165, 1.54) is 6.07 Å². The summed E-state index contributed by atoms with van der Waals surface area (Å²) in [4.78, 5) is 9.98. The van der Waals surface area contributed by atoms with Crippen molar-refractivity contribution in [1.82, 2.24) is 0 Å². The molecule has 1 aromatic carbocycles. The Labute approximate surface area is 93.6 Å². The Morgan fingerprint density at radius 2 is 2.25 bits per heavy atom. The zero-order chi connectivity index (χ0) is 12.1. The zero-order valence-corrected chi connectivity index (χ0v) is 9.37. The van der Waals surface area contributed by atoms with Gasteiger partial charge in [-0.25, -0.2) is 4.39 Å². The zero-order valence-electron chi connectivity index (χ0n) is 9.37. The number of hydrogen-bond donors (Lipinski definition) is 1. The van der Waals surface area contributed by atoms with E-state index in [1.807, 2.05) is 13.8 Å². The monoisotopic (exact) mass is 226 g/mol. The third kappa shape index (κ3) is 3.18. The van der Waals surface area contributed by atoms with Gasteiger partial charge in [0.2, 0.25) is 0 Å². The number of hydrogen-bond acceptors (Lipinski definition) is 3. The standard InChI is InChI=1S/C11H15FN2O2/c1-3-8(2)7-13-11-6-9(14(15)16)4-5-10(11)12/h4-6,8,13H,3,7H2,1-2H3. The molecule has 0 fully saturated rings. The number of anilines is 1. The molecule has 0 saturated carbocycles. The molecule has 16 heavy (non-hydrogen) atoms. The van der Waals surface area contributed by atoms with Crippen LogP contribution in [0.5, 0.6) is 0 Å². The van der Waals surface area contributed by atoms with Gasteiger partial charge in [0.15, 0.2) is 0 Å². The van der Waals surface area contributed by atoms with Gasteiger partial charge < -0.3 is 5.32 Å². The maximum atomic E-state index is 13.3. The fourth-order valence-electron chi connectivity index (χ4n) is 1.19. The summed E-state index contributed by atoms with van der Waals surface area (Å²) in [5.74, 6) is -0.0624. The fraction of sp³-hybridized carbons (Fsp3) is 0.455. The van der Waals surface area contributed by atoms with Gasteiger partial charge in [0.25, 0.3) is 5.69 Å². The van der Waals surface area contributed by atoms with Crippen LogP contribution < -0.4 is 5.32 Å². The summed E-state index contributed by atoms with van der Waals surface area (Å²) in [5.41, 5.74) is 0.0857. The molecule has 0 heterocycles. The number of nitro benzene ring substituents is 1. The van der Waals surface area contributed by atoms with E-state index >= 15 is 0 Å². The first-order chi connectivity index (χ1) is 7.54. The first kappa shape index (κ1) is 12.4. The van der Waals surface area contributed by atoms with E-state index < -0.39 is 10.7 Å². The van der Waals surface area contributed by atoms with Crippen molar-refractivity contribution in [2.24, 2.45) is 5.92 Å². The second-order valence-corrected chi connectivity index (χ2v) is 3.82. The highest BCUT2D eigenvalue weighted by atomic mass is 19.1. The fourth-order valence-corrected chi connectivity index (χ4v) is 1.19. The minimum atomic E-state index is -0.534. The third-order valence-corrected chi connectivity index (χ3v) is 2.50. The predicted octanol–water partition coefficient (Wildman–Crippen LogP) is 3.19. The van der Waals surface area contributed by atoms with Crippen LogP contribution in [0.4, 0.5) is 15.8 Å². The topological polar surface area (TPSA) is 55.2 Å². The third-order valence-electron chi connectivity index (χ3n) is 2.50. The van der Waals surface area contributed by atoms with E-state index in [0.29, 0.717) is 12.5 Å². The smallest absolute Gasteiger partial charge is 0.271 e. The molecule has 1 aromatic rings. The van der Waals surface area contributed by atoms with E-state index in [1.54, 1.807) is 0 Å². The molecule has 0 aromatic heterocycles. The van der Waals surface area contributed by atoms with Crippen molar-refractivity contribution in [1.29, 1.82) is 0 Å². The van der Waals surface area contributed by atoms with Crippen molar-refractivity contribution < 1.29 is 9.31 Å². The van der Waals surface area contributed by atoms with Crippen LogP contribution in [-0.4, -0.2) is 11.5 Å². The Bertz CT molecular complexity index is 382. The Hall–Kier alpha value is -1.65. The molecule has 0 aliphatic carbocycles. The molecule has 0 amide bonds. The SMILES string of the molecule is CCC(C)CNc1cc([N+](=O)[O-])ccc1F. The molecule has 0 spiro atoms. The summed E-state index contributed by atoms with van der Waals surface area (Å²) in [6, 6.07) is 3.48. The molecule has 1 atom stereocenters. The number of halogens is 1. The average Bonchev–Trinajstić information content (AvgIpc) is 2.27. The number of nitrogens with zero attached hydrogens (tertiary/aromatic N) is 1. The molecule has 5 heteroatoms. The Morgan fingerprint density at radius 3 is 2.81 bits per heavy atom. The van der Waals surface area contributed by atoms with Gasteiger partial charge in [-0.3, -0.25) is 10.1 Å². The van der Waals surface area contributed by atoms with Crippen LogP contribution in [0.25, 0.3) is 0 Å². The van der Waals surface area contributed by atoms with E-state index in [2.05, 4.69) is 5.32 Å². The molecule has 1 N–H and O–H groups in total. The first-order valence-electron chi connectivity index (χ1n) is 5.22. The van der Waals surface area contributed by atoms with Gasteiger partial charge in [-0.15, -0.1) is 0 Å². The van der Waals surface area contributed by atoms with Gasteiger partial charge in [-0.05, 0) is 12.0 Å². The van der Waals surface area contributed by atoms with Crippen molar-refractivity contribution in [2.45, 2.75) is 20.3 Å². The van der Waals surface area contributed by atoms with Crippen LogP contribution >= 0.6 is 0 Å². The highest BCUT2D eigenvalue weighted by Crippen LogP contribution is 2.21. The van der Waals surface area contributed by atoms with Crippen LogP contribution in [0.1, 0.15) is 20.3 Å². The summed E-state index contributed by atoms with van der Waals surface area (Å²) >= 11 is 0. The largest absolute Gasteiger partial charge is 0.382 e. The van der Waals surface area contributed by atoms with Crippen molar-refractivity contribution in [3.05, 3.63) is 34.1 Å². The molecule has 1 unspecified atom stereocenters. The maximum Gasteiger partial charge on any atom is 0.271 e. The van der Waals surface area contributed by atoms with Crippen molar-refractivity contribution in [3.8, 4) is 0 Å². The molecule has 0 aliphatic rings. The molecule has 0 aliphatic heterocycles. The van der Waals surface area contributed by atoms with Crippen LogP contribution in [0.2, 0.25) is 0 Å². The second kappa shape index (κ2) is 5.44. The lowest BCUT2D eigenvalue weighted by atomic mass is 10.1. The van der Waals surface area contributed by atoms with Crippen LogP contribution in [0, 0.1) is 21.8 Å². The molecular weight excluding hydrogens is 211 g/mol. The molecule has 0 radical (unpaired) electrons. The minimum absolute atomic E-state index is 0.104. The number of nitro groups is 1. The predicted molar refractivity (Wildman–Crippen MR) is 61.0 cm³/mol.